The topological polar surface area (TPSA) is 70.6 Å². The van der Waals surface area contributed by atoms with Gasteiger partial charge in [-0.05, 0) is 77.2 Å². The lowest BCUT2D eigenvalue weighted by atomic mass is 10.1. The zero-order valence-electron chi connectivity index (χ0n) is 19.4. The van der Waals surface area contributed by atoms with Crippen LogP contribution in [0.3, 0.4) is 0 Å². The Morgan fingerprint density at radius 3 is 2.34 bits per heavy atom. The third-order valence-electron chi connectivity index (χ3n) is 5.30. The summed E-state index contributed by atoms with van der Waals surface area (Å²) in [7, 11) is 0.449. The number of thiazole rings is 1. The molecule has 172 valence electrons. The largest absolute Gasteiger partial charge is 0.309 e. The van der Waals surface area contributed by atoms with Crippen molar-refractivity contribution >= 4 is 42.4 Å². The van der Waals surface area contributed by atoms with Gasteiger partial charge in [-0.15, -0.1) is 0 Å². The predicted molar refractivity (Wildman–Crippen MR) is 132 cm³/mol. The molecule has 0 aliphatic carbocycles. The summed E-state index contributed by atoms with van der Waals surface area (Å²) in [6.45, 7) is 7.30. The van der Waals surface area contributed by atoms with Crippen LogP contribution in [-0.2, 0) is 14.6 Å². The van der Waals surface area contributed by atoms with E-state index in [-0.39, 0.29) is 23.0 Å². The molecule has 0 bridgehead atoms. The van der Waals surface area contributed by atoms with Crippen LogP contribution < -0.4 is 4.90 Å². The van der Waals surface area contributed by atoms with Crippen molar-refractivity contribution in [3.05, 3.63) is 53.1 Å². The Morgan fingerprint density at radius 2 is 1.69 bits per heavy atom. The summed E-state index contributed by atoms with van der Waals surface area (Å²) < 4.78 is 26.5. The van der Waals surface area contributed by atoms with Gasteiger partial charge in [-0.3, -0.25) is 9.69 Å². The fraction of sp³-hybridized carbons (Fsp3) is 0.417. The lowest BCUT2D eigenvalue weighted by Crippen LogP contribution is -2.34. The van der Waals surface area contributed by atoms with Crippen LogP contribution in [-0.4, -0.2) is 57.1 Å². The Bertz CT molecular complexity index is 1200. The number of sulfone groups is 1. The second-order valence-electron chi connectivity index (χ2n) is 8.51. The highest BCUT2D eigenvalue weighted by atomic mass is 32.2. The standard InChI is InChI=1S/C24H31N3O3S2/c1-17-7-9-20(10-8-17)32(29,30)14-11-22(28)27(13-6-12-26(4)5)24-25-23-19(3)15-18(2)16-21(23)31-24/h7-10,15-16H,6,11-14H2,1-5H3. The minimum Gasteiger partial charge on any atom is -0.309 e. The van der Waals surface area contributed by atoms with Gasteiger partial charge in [0.2, 0.25) is 5.91 Å². The molecule has 0 aliphatic heterocycles. The number of carbonyl (C=O) groups excluding carboxylic acids is 1. The van der Waals surface area contributed by atoms with E-state index in [1.54, 1.807) is 29.2 Å². The van der Waals surface area contributed by atoms with Gasteiger partial charge in [-0.2, -0.15) is 0 Å². The van der Waals surface area contributed by atoms with Crippen LogP contribution >= 0.6 is 11.3 Å². The summed E-state index contributed by atoms with van der Waals surface area (Å²) in [6, 6.07) is 10.9. The molecule has 0 N–H and O–H groups in total. The van der Waals surface area contributed by atoms with Gasteiger partial charge in [-0.25, -0.2) is 13.4 Å². The van der Waals surface area contributed by atoms with Gasteiger partial charge >= 0.3 is 0 Å². The highest BCUT2D eigenvalue weighted by molar-refractivity contribution is 7.91. The number of fused-ring (bicyclic) bond motifs is 1. The molecule has 1 heterocycles. The van der Waals surface area contributed by atoms with Gasteiger partial charge < -0.3 is 4.90 Å². The molecule has 0 atom stereocenters. The summed E-state index contributed by atoms with van der Waals surface area (Å²) in [5.41, 5.74) is 4.12. The summed E-state index contributed by atoms with van der Waals surface area (Å²) in [5.74, 6) is -0.435. The first-order valence-corrected chi connectivity index (χ1v) is 13.2. The molecule has 3 aromatic rings. The van der Waals surface area contributed by atoms with E-state index in [1.165, 1.54) is 11.3 Å². The molecule has 0 radical (unpaired) electrons. The Balaban J connectivity index is 1.82. The summed E-state index contributed by atoms with van der Waals surface area (Å²) in [5, 5.41) is 0.630. The first-order chi connectivity index (χ1) is 15.1. The average molecular weight is 474 g/mol. The molecule has 6 nitrogen and oxygen atoms in total. The van der Waals surface area contributed by atoms with Crippen molar-refractivity contribution in [2.45, 2.75) is 38.5 Å². The van der Waals surface area contributed by atoms with E-state index in [9.17, 15) is 13.2 Å². The molecule has 0 fully saturated rings. The first-order valence-electron chi connectivity index (χ1n) is 10.7. The quantitative estimate of drug-likeness (QED) is 0.462. The van der Waals surface area contributed by atoms with Gasteiger partial charge in [0, 0.05) is 13.0 Å². The van der Waals surface area contributed by atoms with Gasteiger partial charge in [0.15, 0.2) is 15.0 Å². The van der Waals surface area contributed by atoms with Gasteiger partial charge in [0.25, 0.3) is 0 Å². The molecule has 1 amide bonds. The number of amides is 1. The number of carbonyl (C=O) groups is 1. The fourth-order valence-corrected chi connectivity index (χ4v) is 5.98. The van der Waals surface area contributed by atoms with Crippen LogP contribution in [0.15, 0.2) is 41.3 Å². The van der Waals surface area contributed by atoms with Crippen LogP contribution in [0.4, 0.5) is 5.13 Å². The molecule has 2 aromatic carbocycles. The van der Waals surface area contributed by atoms with E-state index in [4.69, 9.17) is 4.98 Å². The molecule has 0 spiro atoms. The molecule has 0 aliphatic rings. The zero-order chi connectivity index (χ0) is 23.5. The molecule has 0 saturated carbocycles. The molecular weight excluding hydrogens is 442 g/mol. The SMILES string of the molecule is Cc1ccc(S(=O)(=O)CCC(=O)N(CCCN(C)C)c2nc3c(C)cc(C)cc3s2)cc1. The lowest BCUT2D eigenvalue weighted by molar-refractivity contribution is -0.118. The third kappa shape index (κ3) is 5.94. The van der Waals surface area contributed by atoms with E-state index in [2.05, 4.69) is 17.0 Å². The molecule has 0 unspecified atom stereocenters. The van der Waals surface area contributed by atoms with E-state index in [0.29, 0.717) is 11.7 Å². The molecule has 1 aromatic heterocycles. The van der Waals surface area contributed by atoms with Gasteiger partial charge in [0.1, 0.15) is 0 Å². The average Bonchev–Trinajstić information content (AvgIpc) is 3.13. The summed E-state index contributed by atoms with van der Waals surface area (Å²) in [6.07, 6.45) is 0.698. The Labute approximate surface area is 194 Å². The van der Waals surface area contributed by atoms with Gasteiger partial charge in [-0.1, -0.05) is 35.1 Å². The Morgan fingerprint density at radius 1 is 1.00 bits per heavy atom. The highest BCUT2D eigenvalue weighted by Gasteiger charge is 2.23. The lowest BCUT2D eigenvalue weighted by Gasteiger charge is -2.21. The third-order valence-corrected chi connectivity index (χ3v) is 8.06. The highest BCUT2D eigenvalue weighted by Crippen LogP contribution is 2.32. The summed E-state index contributed by atoms with van der Waals surface area (Å²) in [4.78, 5) is 21.9. The van der Waals surface area contributed by atoms with Gasteiger partial charge in [0.05, 0.1) is 20.9 Å². The van der Waals surface area contributed by atoms with Crippen LogP contribution in [0.1, 0.15) is 29.5 Å². The maximum atomic E-state index is 13.2. The van der Waals surface area contributed by atoms with E-state index in [0.717, 1.165) is 39.9 Å². The summed E-state index contributed by atoms with van der Waals surface area (Å²) >= 11 is 1.48. The van der Waals surface area contributed by atoms with E-state index < -0.39 is 9.84 Å². The number of hydrogen-bond acceptors (Lipinski definition) is 6. The zero-order valence-corrected chi connectivity index (χ0v) is 21.0. The van der Waals surface area contributed by atoms with Crippen molar-refractivity contribution in [3.8, 4) is 0 Å². The van der Waals surface area contributed by atoms with Crippen LogP contribution in [0.25, 0.3) is 10.2 Å². The van der Waals surface area contributed by atoms with E-state index in [1.807, 2.05) is 34.9 Å². The number of hydrogen-bond donors (Lipinski definition) is 0. The van der Waals surface area contributed by atoms with Crippen molar-refractivity contribution in [2.24, 2.45) is 0 Å². The minimum absolute atomic E-state index is 0.0773. The number of aromatic nitrogens is 1. The van der Waals surface area contributed by atoms with Crippen LogP contribution in [0.2, 0.25) is 0 Å². The Kier molecular flexibility index (Phi) is 7.69. The Hall–Kier alpha value is -2.29. The van der Waals surface area contributed by atoms with Crippen molar-refractivity contribution in [1.29, 1.82) is 0 Å². The second-order valence-corrected chi connectivity index (χ2v) is 11.6. The predicted octanol–water partition coefficient (Wildman–Crippen LogP) is 4.37. The minimum atomic E-state index is -3.53. The number of benzene rings is 2. The molecule has 8 heteroatoms. The molecule has 3 rings (SSSR count). The smallest absolute Gasteiger partial charge is 0.229 e. The monoisotopic (exact) mass is 473 g/mol. The number of anilines is 1. The number of aryl methyl sites for hydroxylation is 3. The maximum Gasteiger partial charge on any atom is 0.229 e. The first kappa shape index (κ1) is 24.4. The van der Waals surface area contributed by atoms with Crippen LogP contribution in [0.5, 0.6) is 0 Å². The molecule has 0 saturated heterocycles. The van der Waals surface area contributed by atoms with Crippen molar-refractivity contribution < 1.29 is 13.2 Å². The van der Waals surface area contributed by atoms with E-state index >= 15 is 0 Å². The molecular formula is C24H31N3O3S2. The fourth-order valence-electron chi connectivity index (χ4n) is 3.57. The second kappa shape index (κ2) is 10.1. The number of nitrogens with zero attached hydrogens (tertiary/aromatic N) is 3. The van der Waals surface area contributed by atoms with Crippen LogP contribution in [0, 0.1) is 20.8 Å². The van der Waals surface area contributed by atoms with Crippen molar-refractivity contribution in [3.63, 3.8) is 0 Å². The van der Waals surface area contributed by atoms with Crippen molar-refractivity contribution in [2.75, 3.05) is 37.8 Å². The number of rotatable bonds is 9. The molecule has 32 heavy (non-hydrogen) atoms. The van der Waals surface area contributed by atoms with Crippen molar-refractivity contribution in [1.82, 2.24) is 9.88 Å². The maximum absolute atomic E-state index is 13.2. The normalized spacial score (nSPS) is 11.9.